The molecule has 138 valence electrons. The SMILES string of the molecule is COc1ccc(/C=C/C(=O)NCc2ccccc2-c2ccsc2)cc1OC. The van der Waals surface area contributed by atoms with Crippen molar-refractivity contribution in [2.24, 2.45) is 0 Å². The average Bonchev–Trinajstić information content (AvgIpc) is 3.25. The van der Waals surface area contributed by atoms with Gasteiger partial charge < -0.3 is 14.8 Å². The van der Waals surface area contributed by atoms with Gasteiger partial charge in [-0.25, -0.2) is 0 Å². The topological polar surface area (TPSA) is 47.6 Å². The number of ether oxygens (including phenoxy) is 2. The third-order valence-electron chi connectivity index (χ3n) is 4.14. The van der Waals surface area contributed by atoms with E-state index in [2.05, 4.69) is 28.2 Å². The largest absolute Gasteiger partial charge is 0.493 e. The molecule has 0 atom stereocenters. The fourth-order valence-corrected chi connectivity index (χ4v) is 3.40. The number of thiophene rings is 1. The molecular weight excluding hydrogens is 358 g/mol. The van der Waals surface area contributed by atoms with Gasteiger partial charge in [0.2, 0.25) is 5.91 Å². The zero-order valence-electron chi connectivity index (χ0n) is 15.3. The maximum Gasteiger partial charge on any atom is 0.244 e. The molecule has 0 saturated carbocycles. The summed E-state index contributed by atoms with van der Waals surface area (Å²) in [4.78, 5) is 12.2. The normalized spacial score (nSPS) is 10.7. The first-order valence-corrected chi connectivity index (χ1v) is 9.44. The summed E-state index contributed by atoms with van der Waals surface area (Å²) in [6.07, 6.45) is 3.27. The van der Waals surface area contributed by atoms with Crippen molar-refractivity contribution in [3.63, 3.8) is 0 Å². The van der Waals surface area contributed by atoms with Gasteiger partial charge in [-0.3, -0.25) is 4.79 Å². The summed E-state index contributed by atoms with van der Waals surface area (Å²) in [7, 11) is 3.18. The summed E-state index contributed by atoms with van der Waals surface area (Å²) in [5.41, 5.74) is 4.26. The number of methoxy groups -OCH3 is 2. The molecule has 0 unspecified atom stereocenters. The first-order valence-electron chi connectivity index (χ1n) is 8.49. The van der Waals surface area contributed by atoms with E-state index in [1.807, 2.05) is 36.4 Å². The number of amides is 1. The molecule has 2 aromatic carbocycles. The molecule has 3 aromatic rings. The fraction of sp³-hybridized carbons (Fsp3) is 0.136. The van der Waals surface area contributed by atoms with Crippen LogP contribution in [0.25, 0.3) is 17.2 Å². The van der Waals surface area contributed by atoms with Crippen molar-refractivity contribution < 1.29 is 14.3 Å². The van der Waals surface area contributed by atoms with E-state index in [1.165, 1.54) is 11.6 Å². The van der Waals surface area contributed by atoms with Gasteiger partial charge in [0.1, 0.15) is 0 Å². The number of nitrogens with one attached hydrogen (secondary N) is 1. The molecular formula is C22H21NO3S. The lowest BCUT2D eigenvalue weighted by Gasteiger charge is -2.09. The van der Waals surface area contributed by atoms with Crippen molar-refractivity contribution in [3.8, 4) is 22.6 Å². The van der Waals surface area contributed by atoms with Crippen molar-refractivity contribution in [1.82, 2.24) is 5.32 Å². The van der Waals surface area contributed by atoms with Gasteiger partial charge in [-0.1, -0.05) is 30.3 Å². The molecule has 0 aliphatic carbocycles. The molecule has 0 bridgehead atoms. The van der Waals surface area contributed by atoms with E-state index in [-0.39, 0.29) is 5.91 Å². The van der Waals surface area contributed by atoms with Crippen LogP contribution in [0, 0.1) is 0 Å². The second-order valence-corrected chi connectivity index (χ2v) is 6.61. The zero-order chi connectivity index (χ0) is 19.1. The molecule has 0 aliphatic rings. The van der Waals surface area contributed by atoms with Gasteiger partial charge in [0.05, 0.1) is 14.2 Å². The third kappa shape index (κ3) is 4.77. The Hall–Kier alpha value is -3.05. The predicted octanol–water partition coefficient (Wildman–Crippen LogP) is 4.76. The fourth-order valence-electron chi connectivity index (χ4n) is 2.74. The zero-order valence-corrected chi connectivity index (χ0v) is 16.1. The van der Waals surface area contributed by atoms with Crippen LogP contribution in [-0.4, -0.2) is 20.1 Å². The van der Waals surface area contributed by atoms with Gasteiger partial charge in [0, 0.05) is 12.6 Å². The second kappa shape index (κ2) is 9.05. The van der Waals surface area contributed by atoms with Crippen LogP contribution in [0.3, 0.4) is 0 Å². The highest BCUT2D eigenvalue weighted by molar-refractivity contribution is 7.08. The molecule has 4 nitrogen and oxygen atoms in total. The molecule has 0 fully saturated rings. The van der Waals surface area contributed by atoms with E-state index in [0.29, 0.717) is 18.0 Å². The number of hydrogen-bond acceptors (Lipinski definition) is 4. The van der Waals surface area contributed by atoms with Crippen molar-refractivity contribution in [2.45, 2.75) is 6.54 Å². The van der Waals surface area contributed by atoms with Crippen LogP contribution < -0.4 is 14.8 Å². The standard InChI is InChI=1S/C22H21NO3S/c1-25-20-9-7-16(13-21(20)26-2)8-10-22(24)23-14-17-5-3-4-6-19(17)18-11-12-27-15-18/h3-13,15H,14H2,1-2H3,(H,23,24)/b10-8+. The van der Waals surface area contributed by atoms with Gasteiger partial charge in [0.15, 0.2) is 11.5 Å². The van der Waals surface area contributed by atoms with Crippen LogP contribution in [-0.2, 0) is 11.3 Å². The Bertz CT molecular complexity index is 932. The van der Waals surface area contributed by atoms with Crippen molar-refractivity contribution >= 4 is 23.3 Å². The van der Waals surface area contributed by atoms with E-state index in [9.17, 15) is 4.79 Å². The number of carbonyl (C=O) groups is 1. The van der Waals surface area contributed by atoms with Crippen molar-refractivity contribution in [3.05, 3.63) is 76.5 Å². The minimum absolute atomic E-state index is 0.148. The number of hydrogen-bond donors (Lipinski definition) is 1. The van der Waals surface area contributed by atoms with E-state index in [1.54, 1.807) is 31.6 Å². The number of benzene rings is 2. The smallest absolute Gasteiger partial charge is 0.244 e. The Morgan fingerprint density at radius 2 is 1.89 bits per heavy atom. The van der Waals surface area contributed by atoms with Crippen molar-refractivity contribution in [1.29, 1.82) is 0 Å². The Balaban J connectivity index is 1.65. The lowest BCUT2D eigenvalue weighted by molar-refractivity contribution is -0.116. The third-order valence-corrected chi connectivity index (χ3v) is 4.82. The maximum atomic E-state index is 12.2. The van der Waals surface area contributed by atoms with E-state index in [4.69, 9.17) is 9.47 Å². The first kappa shape index (κ1) is 18.7. The molecule has 1 amide bonds. The Morgan fingerprint density at radius 1 is 1.07 bits per heavy atom. The lowest BCUT2D eigenvalue weighted by Crippen LogP contribution is -2.20. The Morgan fingerprint density at radius 3 is 2.63 bits per heavy atom. The van der Waals surface area contributed by atoms with Crippen LogP contribution in [0.15, 0.2) is 65.4 Å². The number of rotatable bonds is 7. The predicted molar refractivity (Wildman–Crippen MR) is 110 cm³/mol. The van der Waals surface area contributed by atoms with Gasteiger partial charge in [0.25, 0.3) is 0 Å². The molecule has 0 aliphatic heterocycles. The van der Waals surface area contributed by atoms with Crippen LogP contribution in [0.4, 0.5) is 0 Å². The highest BCUT2D eigenvalue weighted by Gasteiger charge is 2.06. The molecule has 1 N–H and O–H groups in total. The highest BCUT2D eigenvalue weighted by Crippen LogP contribution is 2.28. The van der Waals surface area contributed by atoms with E-state index < -0.39 is 0 Å². The number of carbonyl (C=O) groups excluding carboxylic acids is 1. The molecule has 1 heterocycles. The van der Waals surface area contributed by atoms with Gasteiger partial charge in [-0.15, -0.1) is 0 Å². The minimum atomic E-state index is -0.148. The summed E-state index contributed by atoms with van der Waals surface area (Å²) < 4.78 is 10.5. The second-order valence-electron chi connectivity index (χ2n) is 5.83. The molecule has 3 rings (SSSR count). The van der Waals surface area contributed by atoms with Crippen LogP contribution in [0.2, 0.25) is 0 Å². The first-order chi connectivity index (χ1) is 13.2. The maximum absolute atomic E-state index is 12.2. The molecule has 1 aromatic heterocycles. The average molecular weight is 379 g/mol. The van der Waals surface area contributed by atoms with Gasteiger partial charge >= 0.3 is 0 Å². The monoisotopic (exact) mass is 379 g/mol. The van der Waals surface area contributed by atoms with Crippen LogP contribution >= 0.6 is 11.3 Å². The Labute approximate surface area is 163 Å². The molecule has 0 spiro atoms. The minimum Gasteiger partial charge on any atom is -0.493 e. The van der Waals surface area contributed by atoms with E-state index >= 15 is 0 Å². The van der Waals surface area contributed by atoms with E-state index in [0.717, 1.165) is 16.7 Å². The molecule has 5 heteroatoms. The summed E-state index contributed by atoms with van der Waals surface area (Å²) in [6, 6.07) is 15.7. The Kier molecular flexibility index (Phi) is 6.28. The van der Waals surface area contributed by atoms with Crippen molar-refractivity contribution in [2.75, 3.05) is 14.2 Å². The summed E-state index contributed by atoms with van der Waals surface area (Å²) in [6.45, 7) is 0.473. The molecule has 27 heavy (non-hydrogen) atoms. The molecule has 0 radical (unpaired) electrons. The lowest BCUT2D eigenvalue weighted by atomic mass is 10.0. The summed E-state index contributed by atoms with van der Waals surface area (Å²) in [5, 5.41) is 7.11. The molecule has 0 saturated heterocycles. The quantitative estimate of drug-likeness (QED) is 0.602. The van der Waals surface area contributed by atoms with Crippen LogP contribution in [0.1, 0.15) is 11.1 Å². The summed E-state index contributed by atoms with van der Waals surface area (Å²) in [5.74, 6) is 1.14. The van der Waals surface area contributed by atoms with Gasteiger partial charge in [-0.05, 0) is 57.3 Å². The highest BCUT2D eigenvalue weighted by atomic mass is 32.1. The van der Waals surface area contributed by atoms with Crippen LogP contribution in [0.5, 0.6) is 11.5 Å². The summed E-state index contributed by atoms with van der Waals surface area (Å²) >= 11 is 1.66. The van der Waals surface area contributed by atoms with Gasteiger partial charge in [-0.2, -0.15) is 11.3 Å².